The Morgan fingerprint density at radius 2 is 2.37 bits per heavy atom. The number of hydrogen-bond donors (Lipinski definition) is 1. The van der Waals surface area contributed by atoms with E-state index in [4.69, 9.17) is 4.74 Å². The molecule has 1 N–H and O–H groups in total. The molecule has 1 atom stereocenters. The van der Waals surface area contributed by atoms with Gasteiger partial charge < -0.3 is 15.0 Å². The predicted octanol–water partition coefficient (Wildman–Crippen LogP) is 1.66. The van der Waals surface area contributed by atoms with Gasteiger partial charge in [0.2, 0.25) is 0 Å². The molecule has 19 heavy (non-hydrogen) atoms. The van der Waals surface area contributed by atoms with Crippen LogP contribution in [0.2, 0.25) is 0 Å². The van der Waals surface area contributed by atoms with Gasteiger partial charge in [-0.3, -0.25) is 4.79 Å². The number of hydrogen-bond acceptors (Lipinski definition) is 3. The highest BCUT2D eigenvalue weighted by Gasteiger charge is 2.22. The number of piperazine rings is 1. The van der Waals surface area contributed by atoms with Crippen molar-refractivity contribution in [1.29, 1.82) is 0 Å². The number of carbonyl (C=O) groups is 1. The van der Waals surface area contributed by atoms with Crippen LogP contribution in [0.1, 0.15) is 24.2 Å². The normalized spacial score (nSPS) is 19.3. The third kappa shape index (κ3) is 3.23. The van der Waals surface area contributed by atoms with Crippen LogP contribution in [-0.2, 0) is 0 Å². The molecule has 1 aromatic carbocycles. The van der Waals surface area contributed by atoms with Crippen LogP contribution in [0.25, 0.3) is 0 Å². The minimum atomic E-state index is -0.490. The van der Waals surface area contributed by atoms with Crippen LogP contribution in [-0.4, -0.2) is 43.1 Å². The van der Waals surface area contributed by atoms with E-state index in [2.05, 4.69) is 5.32 Å². The second kappa shape index (κ2) is 6.02. The zero-order valence-corrected chi connectivity index (χ0v) is 11.3. The Bertz CT molecular complexity index is 465. The van der Waals surface area contributed by atoms with Crippen LogP contribution in [0.4, 0.5) is 4.39 Å². The number of rotatable bonds is 3. The lowest BCUT2D eigenvalue weighted by molar-refractivity contribution is 0.0708. The lowest BCUT2D eigenvalue weighted by atomic mass is 10.1. The maximum Gasteiger partial charge on any atom is 0.254 e. The summed E-state index contributed by atoms with van der Waals surface area (Å²) in [5, 5.41) is 3.27. The number of nitrogens with one attached hydrogen (secondary N) is 1. The average molecular weight is 266 g/mol. The van der Waals surface area contributed by atoms with Crippen molar-refractivity contribution in [3.8, 4) is 5.75 Å². The van der Waals surface area contributed by atoms with Crippen molar-refractivity contribution in [3.63, 3.8) is 0 Å². The quantitative estimate of drug-likeness (QED) is 0.904. The fraction of sp³-hybridized carbons (Fsp3) is 0.500. The highest BCUT2D eigenvalue weighted by molar-refractivity contribution is 5.94. The van der Waals surface area contributed by atoms with Crippen molar-refractivity contribution in [2.45, 2.75) is 19.9 Å². The van der Waals surface area contributed by atoms with Gasteiger partial charge in [-0.1, -0.05) is 0 Å². The largest absolute Gasteiger partial charge is 0.491 e. The molecule has 0 aromatic heterocycles. The number of ether oxygens (including phenoxy) is 1. The van der Waals surface area contributed by atoms with Gasteiger partial charge in [0.25, 0.3) is 5.91 Å². The van der Waals surface area contributed by atoms with Gasteiger partial charge in [0.1, 0.15) is 0 Å². The molecule has 1 unspecified atom stereocenters. The molecule has 0 spiro atoms. The Balaban J connectivity index is 2.12. The van der Waals surface area contributed by atoms with Gasteiger partial charge in [0, 0.05) is 31.2 Å². The average Bonchev–Trinajstić information content (AvgIpc) is 2.40. The van der Waals surface area contributed by atoms with Crippen LogP contribution < -0.4 is 10.1 Å². The van der Waals surface area contributed by atoms with Gasteiger partial charge in [-0.25, -0.2) is 4.39 Å². The summed E-state index contributed by atoms with van der Waals surface area (Å²) in [6.45, 7) is 6.29. The van der Waals surface area contributed by atoms with E-state index >= 15 is 0 Å². The van der Waals surface area contributed by atoms with Gasteiger partial charge in [-0.2, -0.15) is 0 Å². The Morgan fingerprint density at radius 3 is 3.00 bits per heavy atom. The van der Waals surface area contributed by atoms with Gasteiger partial charge in [-0.05, 0) is 32.0 Å². The van der Waals surface area contributed by atoms with E-state index in [1.807, 2.05) is 6.92 Å². The van der Waals surface area contributed by atoms with Crippen molar-refractivity contribution in [3.05, 3.63) is 29.6 Å². The summed E-state index contributed by atoms with van der Waals surface area (Å²) < 4.78 is 18.9. The van der Waals surface area contributed by atoms with Crippen LogP contribution in [0.3, 0.4) is 0 Å². The van der Waals surface area contributed by atoms with E-state index in [0.29, 0.717) is 25.3 Å². The molecule has 1 heterocycles. The molecule has 4 nitrogen and oxygen atoms in total. The predicted molar refractivity (Wildman–Crippen MR) is 70.9 cm³/mol. The number of nitrogens with zero attached hydrogens (tertiary/aromatic N) is 1. The first-order chi connectivity index (χ1) is 9.11. The SMILES string of the molecule is CCOc1ccc(C(=O)N2CCNC(C)C2)cc1F. The summed E-state index contributed by atoms with van der Waals surface area (Å²) in [6.07, 6.45) is 0. The maximum atomic E-state index is 13.7. The Hall–Kier alpha value is -1.62. The van der Waals surface area contributed by atoms with E-state index in [-0.39, 0.29) is 17.7 Å². The van der Waals surface area contributed by atoms with Crippen molar-refractivity contribution in [2.24, 2.45) is 0 Å². The van der Waals surface area contributed by atoms with Crippen molar-refractivity contribution < 1.29 is 13.9 Å². The molecular weight excluding hydrogens is 247 g/mol. The zero-order valence-electron chi connectivity index (χ0n) is 11.3. The first-order valence-corrected chi connectivity index (χ1v) is 6.56. The summed E-state index contributed by atoms with van der Waals surface area (Å²) in [7, 11) is 0. The van der Waals surface area contributed by atoms with Crippen molar-refractivity contribution in [1.82, 2.24) is 10.2 Å². The lowest BCUT2D eigenvalue weighted by Crippen LogP contribution is -2.51. The molecule has 1 amide bonds. The first kappa shape index (κ1) is 13.8. The molecule has 1 aliphatic heterocycles. The molecule has 0 bridgehead atoms. The Kier molecular flexibility index (Phi) is 4.37. The lowest BCUT2D eigenvalue weighted by Gasteiger charge is -2.32. The fourth-order valence-corrected chi connectivity index (χ4v) is 2.21. The minimum absolute atomic E-state index is 0.129. The molecule has 5 heteroatoms. The highest BCUT2D eigenvalue weighted by atomic mass is 19.1. The third-order valence-electron chi connectivity index (χ3n) is 3.13. The summed E-state index contributed by atoms with van der Waals surface area (Å²) in [5.41, 5.74) is 0.370. The standard InChI is InChI=1S/C14H19FN2O2/c1-3-19-13-5-4-11(8-12(13)15)14(18)17-7-6-16-10(2)9-17/h4-5,8,10,16H,3,6-7,9H2,1-2H3. The molecule has 0 radical (unpaired) electrons. The number of halogens is 1. The smallest absolute Gasteiger partial charge is 0.254 e. The van der Waals surface area contributed by atoms with E-state index in [0.717, 1.165) is 6.54 Å². The molecule has 0 aliphatic carbocycles. The van der Waals surface area contributed by atoms with Crippen LogP contribution in [0, 0.1) is 5.82 Å². The molecule has 104 valence electrons. The van der Waals surface area contributed by atoms with Gasteiger partial charge in [0.15, 0.2) is 11.6 Å². The van der Waals surface area contributed by atoms with Gasteiger partial charge in [0.05, 0.1) is 6.61 Å². The minimum Gasteiger partial charge on any atom is -0.491 e. The first-order valence-electron chi connectivity index (χ1n) is 6.56. The molecule has 1 aromatic rings. The summed E-state index contributed by atoms with van der Waals surface area (Å²) in [4.78, 5) is 14.0. The van der Waals surface area contributed by atoms with Gasteiger partial charge in [-0.15, -0.1) is 0 Å². The molecule has 1 fully saturated rings. The van der Waals surface area contributed by atoms with E-state index in [1.165, 1.54) is 12.1 Å². The van der Waals surface area contributed by atoms with E-state index in [9.17, 15) is 9.18 Å². The number of amides is 1. The summed E-state index contributed by atoms with van der Waals surface area (Å²) in [6, 6.07) is 4.64. The van der Waals surface area contributed by atoms with E-state index < -0.39 is 5.82 Å². The molecule has 1 saturated heterocycles. The van der Waals surface area contributed by atoms with Crippen molar-refractivity contribution in [2.75, 3.05) is 26.2 Å². The fourth-order valence-electron chi connectivity index (χ4n) is 2.21. The molecule has 2 rings (SSSR count). The number of carbonyl (C=O) groups excluding carboxylic acids is 1. The van der Waals surface area contributed by atoms with Crippen LogP contribution in [0.5, 0.6) is 5.75 Å². The number of benzene rings is 1. The molecule has 0 saturated carbocycles. The molecular formula is C14H19FN2O2. The second-order valence-corrected chi connectivity index (χ2v) is 4.68. The maximum absolute atomic E-state index is 13.7. The molecule has 1 aliphatic rings. The van der Waals surface area contributed by atoms with Gasteiger partial charge >= 0.3 is 0 Å². The summed E-state index contributed by atoms with van der Waals surface area (Å²) >= 11 is 0. The van der Waals surface area contributed by atoms with Crippen molar-refractivity contribution >= 4 is 5.91 Å². The zero-order chi connectivity index (χ0) is 13.8. The summed E-state index contributed by atoms with van der Waals surface area (Å²) in [5.74, 6) is -0.432. The second-order valence-electron chi connectivity index (χ2n) is 4.68. The van der Waals surface area contributed by atoms with Crippen LogP contribution in [0.15, 0.2) is 18.2 Å². The Labute approximate surface area is 112 Å². The monoisotopic (exact) mass is 266 g/mol. The topological polar surface area (TPSA) is 41.6 Å². The Morgan fingerprint density at radius 1 is 1.58 bits per heavy atom. The highest BCUT2D eigenvalue weighted by Crippen LogP contribution is 2.19. The third-order valence-corrected chi connectivity index (χ3v) is 3.13. The van der Waals surface area contributed by atoms with Crippen LogP contribution >= 0.6 is 0 Å². The van der Waals surface area contributed by atoms with E-state index in [1.54, 1.807) is 17.9 Å².